The fourth-order valence-electron chi connectivity index (χ4n) is 0.900. The van der Waals surface area contributed by atoms with Crippen molar-refractivity contribution in [2.45, 2.75) is 39.5 Å². The van der Waals surface area contributed by atoms with Crippen LogP contribution in [0.1, 0.15) is 39.5 Å². The maximum Gasteiger partial charge on any atom is 0.169 e. The number of rotatable bonds is 6. The van der Waals surface area contributed by atoms with E-state index in [0.29, 0.717) is 0 Å². The topological polar surface area (TPSA) is 17.1 Å². The Morgan fingerprint density at radius 3 is 1.73 bits per heavy atom. The fraction of sp³-hybridized carbons (Fsp3) is 1.00. The largest absolute Gasteiger partial charge is 0.307 e. The molecule has 0 rings (SSSR count). The first-order valence-electron chi connectivity index (χ1n) is 4.40. The molecule has 1 nitrogen and oxygen atoms in total. The molecular formula is C8H18ClOP. The van der Waals surface area contributed by atoms with Gasteiger partial charge >= 0.3 is 0 Å². The molecule has 0 aliphatic heterocycles. The van der Waals surface area contributed by atoms with Crippen molar-refractivity contribution in [3.8, 4) is 0 Å². The number of unbranched alkanes of at least 4 members (excludes halogenated alkanes) is 2. The van der Waals surface area contributed by atoms with Crippen LogP contribution in [0, 0.1) is 0 Å². The molecule has 0 aromatic rings. The standard InChI is InChI=1S/C8H18ClOP/c1-3-5-7-11(9,10)8-6-4-2/h3-8H2,1-2H3. The van der Waals surface area contributed by atoms with Crippen LogP contribution in [0.5, 0.6) is 0 Å². The van der Waals surface area contributed by atoms with E-state index in [1.807, 2.05) is 0 Å². The Kier molecular flexibility index (Phi) is 6.37. The van der Waals surface area contributed by atoms with Gasteiger partial charge in [0.25, 0.3) is 0 Å². The third-order valence-electron chi connectivity index (χ3n) is 1.69. The Balaban J connectivity index is 3.53. The molecule has 0 aliphatic rings. The molecule has 0 atom stereocenters. The zero-order chi connectivity index (χ0) is 8.74. The number of halogens is 1. The second-order valence-electron chi connectivity index (χ2n) is 2.94. The second-order valence-corrected chi connectivity index (χ2v) is 7.27. The molecular weight excluding hydrogens is 179 g/mol. The quantitative estimate of drug-likeness (QED) is 0.585. The van der Waals surface area contributed by atoms with Crippen molar-refractivity contribution in [1.82, 2.24) is 0 Å². The van der Waals surface area contributed by atoms with Crippen LogP contribution < -0.4 is 0 Å². The van der Waals surface area contributed by atoms with Crippen molar-refractivity contribution >= 4 is 17.7 Å². The summed E-state index contributed by atoms with van der Waals surface area (Å²) in [6, 6.07) is 0. The van der Waals surface area contributed by atoms with Gasteiger partial charge in [-0.05, 0) is 12.8 Å². The third kappa shape index (κ3) is 6.90. The highest BCUT2D eigenvalue weighted by molar-refractivity contribution is 7.89. The summed E-state index contributed by atoms with van der Waals surface area (Å²) in [5.74, 6) is 0. The monoisotopic (exact) mass is 196 g/mol. The van der Waals surface area contributed by atoms with Gasteiger partial charge in [-0.3, -0.25) is 0 Å². The third-order valence-corrected chi connectivity index (χ3v) is 4.67. The average Bonchev–Trinajstić information content (AvgIpc) is 1.97. The van der Waals surface area contributed by atoms with E-state index in [1.54, 1.807) is 0 Å². The van der Waals surface area contributed by atoms with Gasteiger partial charge in [0.05, 0.1) is 0 Å². The normalized spacial score (nSPS) is 11.9. The van der Waals surface area contributed by atoms with E-state index in [4.69, 9.17) is 11.2 Å². The number of hydrogen-bond donors (Lipinski definition) is 0. The first-order chi connectivity index (χ1) is 5.12. The maximum absolute atomic E-state index is 11.5. The molecule has 0 aliphatic carbocycles. The van der Waals surface area contributed by atoms with Crippen LogP contribution >= 0.6 is 17.7 Å². The smallest absolute Gasteiger partial charge is 0.169 e. The van der Waals surface area contributed by atoms with Crippen LogP contribution in [0.2, 0.25) is 0 Å². The Morgan fingerprint density at radius 1 is 1.09 bits per heavy atom. The van der Waals surface area contributed by atoms with Gasteiger partial charge in [-0.25, -0.2) is 0 Å². The van der Waals surface area contributed by atoms with E-state index in [0.717, 1.165) is 38.0 Å². The summed E-state index contributed by atoms with van der Waals surface area (Å²) in [6.45, 7) is 1.93. The lowest BCUT2D eigenvalue weighted by atomic mass is 10.4. The molecule has 0 unspecified atom stereocenters. The Hall–Kier alpha value is 0.520. The van der Waals surface area contributed by atoms with Gasteiger partial charge < -0.3 is 4.57 Å². The lowest BCUT2D eigenvalue weighted by Gasteiger charge is -2.07. The highest BCUT2D eigenvalue weighted by atomic mass is 35.7. The molecule has 0 N–H and O–H groups in total. The van der Waals surface area contributed by atoms with Crippen LogP contribution in [0.3, 0.4) is 0 Å². The maximum atomic E-state index is 11.5. The van der Waals surface area contributed by atoms with Crippen LogP contribution in [-0.2, 0) is 4.57 Å². The summed E-state index contributed by atoms with van der Waals surface area (Å²) < 4.78 is 11.5. The van der Waals surface area contributed by atoms with Crippen molar-refractivity contribution in [1.29, 1.82) is 0 Å². The van der Waals surface area contributed by atoms with E-state index in [9.17, 15) is 4.57 Å². The second kappa shape index (κ2) is 6.08. The van der Waals surface area contributed by atoms with Gasteiger partial charge in [0.15, 0.2) is 6.49 Å². The van der Waals surface area contributed by atoms with E-state index in [-0.39, 0.29) is 0 Å². The van der Waals surface area contributed by atoms with E-state index in [2.05, 4.69) is 13.8 Å². The molecule has 68 valence electrons. The van der Waals surface area contributed by atoms with Gasteiger partial charge in [0.1, 0.15) is 0 Å². The van der Waals surface area contributed by atoms with Crippen molar-refractivity contribution in [2.75, 3.05) is 12.3 Å². The molecule has 0 aromatic carbocycles. The van der Waals surface area contributed by atoms with Crippen LogP contribution in [0.4, 0.5) is 0 Å². The summed E-state index contributed by atoms with van der Waals surface area (Å²) in [6.07, 6.45) is 5.64. The first-order valence-corrected chi connectivity index (χ1v) is 7.38. The molecule has 0 saturated heterocycles. The van der Waals surface area contributed by atoms with Gasteiger partial charge in [-0.15, -0.1) is 0 Å². The zero-order valence-electron chi connectivity index (χ0n) is 7.48. The van der Waals surface area contributed by atoms with Crippen LogP contribution in [-0.4, -0.2) is 12.3 Å². The molecule has 0 aromatic heterocycles. The van der Waals surface area contributed by atoms with Gasteiger partial charge in [-0.1, -0.05) is 37.9 Å². The molecule has 3 heteroatoms. The number of hydrogen-bond acceptors (Lipinski definition) is 1. The molecule has 0 radical (unpaired) electrons. The van der Waals surface area contributed by atoms with Crippen LogP contribution in [0.15, 0.2) is 0 Å². The molecule has 0 fully saturated rings. The molecule has 0 spiro atoms. The fourth-order valence-corrected chi connectivity index (χ4v) is 3.42. The minimum atomic E-state index is -2.25. The minimum absolute atomic E-state index is 0.727. The van der Waals surface area contributed by atoms with Gasteiger partial charge in [0, 0.05) is 12.3 Å². The predicted octanol–water partition coefficient (Wildman–Crippen LogP) is 4.10. The van der Waals surface area contributed by atoms with E-state index in [1.165, 1.54) is 0 Å². The Bertz CT molecular complexity index is 124. The predicted molar refractivity (Wildman–Crippen MR) is 53.0 cm³/mol. The van der Waals surface area contributed by atoms with Crippen LogP contribution in [0.25, 0.3) is 0 Å². The summed E-state index contributed by atoms with van der Waals surface area (Å²) in [5.41, 5.74) is 0. The minimum Gasteiger partial charge on any atom is -0.307 e. The van der Waals surface area contributed by atoms with E-state index >= 15 is 0 Å². The highest BCUT2D eigenvalue weighted by Crippen LogP contribution is 2.52. The summed E-state index contributed by atoms with van der Waals surface area (Å²) >= 11 is 5.85. The van der Waals surface area contributed by atoms with Crippen molar-refractivity contribution in [3.05, 3.63) is 0 Å². The average molecular weight is 197 g/mol. The van der Waals surface area contributed by atoms with Gasteiger partial charge in [-0.2, -0.15) is 0 Å². The summed E-state index contributed by atoms with van der Waals surface area (Å²) in [4.78, 5) is 0. The van der Waals surface area contributed by atoms with Crippen molar-refractivity contribution < 1.29 is 4.57 Å². The molecule has 0 saturated carbocycles. The summed E-state index contributed by atoms with van der Waals surface area (Å²) in [5, 5.41) is 0. The Morgan fingerprint density at radius 2 is 1.45 bits per heavy atom. The molecule has 11 heavy (non-hydrogen) atoms. The first kappa shape index (κ1) is 11.5. The molecule has 0 heterocycles. The van der Waals surface area contributed by atoms with E-state index < -0.39 is 6.49 Å². The molecule has 0 amide bonds. The lowest BCUT2D eigenvalue weighted by Crippen LogP contribution is -1.89. The zero-order valence-corrected chi connectivity index (χ0v) is 9.13. The Labute approximate surface area is 74.7 Å². The van der Waals surface area contributed by atoms with Crippen molar-refractivity contribution in [2.24, 2.45) is 0 Å². The highest BCUT2D eigenvalue weighted by Gasteiger charge is 2.15. The van der Waals surface area contributed by atoms with Crippen molar-refractivity contribution in [3.63, 3.8) is 0 Å². The SMILES string of the molecule is CCCCP(=O)(Cl)CCCC. The molecule has 0 bridgehead atoms. The van der Waals surface area contributed by atoms with Gasteiger partial charge in [0.2, 0.25) is 0 Å². The summed E-state index contributed by atoms with van der Waals surface area (Å²) in [7, 11) is 0. The lowest BCUT2D eigenvalue weighted by molar-refractivity contribution is 0.580.